The fourth-order valence-corrected chi connectivity index (χ4v) is 2.86. The van der Waals surface area contributed by atoms with Crippen LogP contribution in [-0.2, 0) is 6.18 Å². The number of alkyl halides is 3. The number of fused-ring (bicyclic) bond motifs is 1. The number of rotatable bonds is 2. The van der Waals surface area contributed by atoms with Crippen molar-refractivity contribution in [2.75, 3.05) is 5.32 Å². The van der Waals surface area contributed by atoms with Crippen molar-refractivity contribution >= 4 is 40.0 Å². The predicted octanol–water partition coefficient (Wildman–Crippen LogP) is 5.23. The summed E-state index contributed by atoms with van der Waals surface area (Å²) in [5, 5.41) is 2.48. The summed E-state index contributed by atoms with van der Waals surface area (Å²) >= 11 is 5.58. The zero-order valence-electron chi connectivity index (χ0n) is 13.4. The van der Waals surface area contributed by atoms with Gasteiger partial charge in [0.2, 0.25) is 5.91 Å². The van der Waals surface area contributed by atoms with E-state index >= 15 is 0 Å². The molecular weight excluding hydrogens is 369 g/mol. The Morgan fingerprint density at radius 1 is 1.12 bits per heavy atom. The summed E-state index contributed by atoms with van der Waals surface area (Å²) in [7, 11) is 0. The number of nitrogens with zero attached hydrogens (tertiary/aromatic N) is 1. The van der Waals surface area contributed by atoms with Crippen molar-refractivity contribution in [2.24, 2.45) is 0 Å². The van der Waals surface area contributed by atoms with Crippen molar-refractivity contribution in [3.63, 3.8) is 0 Å². The molecule has 0 saturated carbocycles. The molecule has 0 aliphatic rings. The van der Waals surface area contributed by atoms with Gasteiger partial charge < -0.3 is 5.32 Å². The summed E-state index contributed by atoms with van der Waals surface area (Å²) < 4.78 is 40.2. The first-order chi connectivity index (χ1) is 12.2. The van der Waals surface area contributed by atoms with Crippen molar-refractivity contribution in [2.45, 2.75) is 13.1 Å². The maximum atomic E-state index is 13.0. The molecule has 0 radical (unpaired) electrons. The smallest absolute Gasteiger partial charge is 0.322 e. The van der Waals surface area contributed by atoms with Gasteiger partial charge in [-0.3, -0.25) is 14.2 Å². The van der Waals surface area contributed by atoms with Crippen LogP contribution in [0.4, 0.5) is 18.9 Å². The van der Waals surface area contributed by atoms with Gasteiger partial charge in [0, 0.05) is 24.2 Å². The summed E-state index contributed by atoms with van der Waals surface area (Å²) in [6.07, 6.45) is -3.27. The summed E-state index contributed by atoms with van der Waals surface area (Å²) in [6.45, 7) is 1.35. The Balaban J connectivity index is 1.99. The second kappa shape index (κ2) is 6.49. The topological polar surface area (TPSA) is 51.1 Å². The molecule has 1 heterocycles. The molecule has 0 fully saturated rings. The molecule has 26 heavy (non-hydrogen) atoms. The van der Waals surface area contributed by atoms with Crippen molar-refractivity contribution < 1.29 is 22.8 Å². The highest BCUT2D eigenvalue weighted by molar-refractivity contribution is 6.31. The van der Waals surface area contributed by atoms with Gasteiger partial charge in [-0.05, 0) is 24.3 Å². The van der Waals surface area contributed by atoms with Crippen LogP contribution >= 0.6 is 11.6 Å². The summed E-state index contributed by atoms with van der Waals surface area (Å²) in [4.78, 5) is 24.3. The van der Waals surface area contributed by atoms with Crippen LogP contribution in [0.5, 0.6) is 0 Å². The van der Waals surface area contributed by atoms with E-state index in [1.807, 2.05) is 0 Å². The van der Waals surface area contributed by atoms with E-state index in [-0.39, 0.29) is 17.2 Å². The Morgan fingerprint density at radius 3 is 2.46 bits per heavy atom. The molecule has 0 aliphatic heterocycles. The highest BCUT2D eigenvalue weighted by atomic mass is 35.5. The molecule has 0 atom stereocenters. The first-order valence-corrected chi connectivity index (χ1v) is 7.85. The fourth-order valence-electron chi connectivity index (χ4n) is 2.64. The van der Waals surface area contributed by atoms with Crippen molar-refractivity contribution in [3.8, 4) is 0 Å². The summed E-state index contributed by atoms with van der Waals surface area (Å²) in [5.41, 5.74) is -0.369. The number of nitrogens with one attached hydrogen (secondary N) is 1. The first kappa shape index (κ1) is 18.0. The quantitative estimate of drug-likeness (QED) is 0.662. The number of carbonyl (C=O) groups is 2. The molecule has 0 spiro atoms. The number of amides is 1. The summed E-state index contributed by atoms with van der Waals surface area (Å²) in [5.74, 6) is -0.914. The summed E-state index contributed by atoms with van der Waals surface area (Å²) in [6, 6.07) is 9.87. The Labute approximate surface area is 151 Å². The van der Waals surface area contributed by atoms with Crippen molar-refractivity contribution in [3.05, 3.63) is 64.8 Å². The third kappa shape index (κ3) is 3.30. The van der Waals surface area contributed by atoms with Gasteiger partial charge >= 0.3 is 6.18 Å². The normalized spacial score (nSPS) is 11.6. The second-order valence-corrected chi connectivity index (χ2v) is 6.00. The lowest BCUT2D eigenvalue weighted by atomic mass is 10.1. The molecule has 1 amide bonds. The molecule has 134 valence electrons. The van der Waals surface area contributed by atoms with E-state index in [4.69, 9.17) is 11.6 Å². The lowest BCUT2D eigenvalue weighted by molar-refractivity contribution is -0.137. The number of hydrogen-bond donors (Lipinski definition) is 1. The van der Waals surface area contributed by atoms with E-state index in [1.54, 1.807) is 24.3 Å². The molecule has 0 saturated heterocycles. The van der Waals surface area contributed by atoms with E-state index in [0.29, 0.717) is 10.9 Å². The Kier molecular flexibility index (Phi) is 4.50. The fraction of sp³-hybridized carbons (Fsp3) is 0.111. The Morgan fingerprint density at radius 2 is 1.81 bits per heavy atom. The van der Waals surface area contributed by atoms with Crippen LogP contribution in [0.1, 0.15) is 27.6 Å². The number of aromatic nitrogens is 1. The third-order valence-corrected chi connectivity index (χ3v) is 4.16. The van der Waals surface area contributed by atoms with Gasteiger partial charge in [-0.15, -0.1) is 0 Å². The molecule has 0 bridgehead atoms. The van der Waals surface area contributed by atoms with Gasteiger partial charge in [-0.2, -0.15) is 13.2 Å². The van der Waals surface area contributed by atoms with E-state index in [2.05, 4.69) is 5.32 Å². The zero-order chi connectivity index (χ0) is 19.1. The maximum Gasteiger partial charge on any atom is 0.417 e. The minimum atomic E-state index is -4.64. The monoisotopic (exact) mass is 380 g/mol. The van der Waals surface area contributed by atoms with Gasteiger partial charge in [-0.1, -0.05) is 29.8 Å². The average molecular weight is 381 g/mol. The van der Waals surface area contributed by atoms with Crippen LogP contribution in [0, 0.1) is 0 Å². The van der Waals surface area contributed by atoms with Crippen LogP contribution in [0.2, 0.25) is 5.02 Å². The number of carbonyl (C=O) groups excluding carboxylic acids is 2. The predicted molar refractivity (Wildman–Crippen MR) is 92.6 cm³/mol. The maximum absolute atomic E-state index is 13.0. The van der Waals surface area contributed by atoms with Gasteiger partial charge in [0.05, 0.1) is 21.7 Å². The number of halogens is 4. The van der Waals surface area contributed by atoms with E-state index in [0.717, 1.165) is 12.1 Å². The highest BCUT2D eigenvalue weighted by Gasteiger charge is 2.33. The lowest BCUT2D eigenvalue weighted by Crippen LogP contribution is -2.13. The molecule has 3 rings (SSSR count). The molecule has 0 unspecified atom stereocenters. The lowest BCUT2D eigenvalue weighted by Gasteiger charge is -2.11. The molecule has 0 aliphatic carbocycles. The van der Waals surface area contributed by atoms with Crippen LogP contribution in [-0.4, -0.2) is 16.4 Å². The van der Waals surface area contributed by atoms with E-state index in [1.165, 1.54) is 23.8 Å². The largest absolute Gasteiger partial charge is 0.417 e. The van der Waals surface area contributed by atoms with E-state index < -0.39 is 22.7 Å². The molecule has 2 aromatic carbocycles. The number of benzene rings is 2. The van der Waals surface area contributed by atoms with Crippen LogP contribution in [0.25, 0.3) is 10.9 Å². The Bertz CT molecular complexity index is 1020. The molecule has 1 N–H and O–H groups in total. The minimum Gasteiger partial charge on any atom is -0.322 e. The van der Waals surface area contributed by atoms with Gasteiger partial charge in [-0.25, -0.2) is 0 Å². The van der Waals surface area contributed by atoms with Crippen molar-refractivity contribution in [1.29, 1.82) is 0 Å². The standard InChI is InChI=1S/C18H12ClF3N2O2/c1-10(25)24-9-13(12-4-2-3-5-16(12)24)17(26)23-11-6-7-15(19)14(8-11)18(20,21)22/h2-9H,1H3,(H,23,26). The highest BCUT2D eigenvalue weighted by Crippen LogP contribution is 2.36. The van der Waals surface area contributed by atoms with Crippen LogP contribution in [0.15, 0.2) is 48.7 Å². The van der Waals surface area contributed by atoms with Gasteiger partial charge in [0.1, 0.15) is 0 Å². The third-order valence-electron chi connectivity index (χ3n) is 3.83. The first-order valence-electron chi connectivity index (χ1n) is 7.47. The number of hydrogen-bond acceptors (Lipinski definition) is 2. The molecular formula is C18H12ClF3N2O2. The molecule has 8 heteroatoms. The minimum absolute atomic E-state index is 0.0496. The SMILES string of the molecule is CC(=O)n1cc(C(=O)Nc2ccc(Cl)c(C(F)(F)F)c2)c2ccccc21. The number of anilines is 1. The van der Waals surface area contributed by atoms with Gasteiger partial charge in [0.15, 0.2) is 0 Å². The van der Waals surface area contributed by atoms with Crippen LogP contribution < -0.4 is 5.32 Å². The van der Waals surface area contributed by atoms with E-state index in [9.17, 15) is 22.8 Å². The molecule has 3 aromatic rings. The zero-order valence-corrected chi connectivity index (χ0v) is 14.2. The van der Waals surface area contributed by atoms with Gasteiger partial charge in [0.25, 0.3) is 5.91 Å². The molecule has 1 aromatic heterocycles. The second-order valence-electron chi connectivity index (χ2n) is 5.60. The number of para-hydroxylation sites is 1. The van der Waals surface area contributed by atoms with Crippen LogP contribution in [0.3, 0.4) is 0 Å². The average Bonchev–Trinajstić information content (AvgIpc) is 2.95. The molecule has 4 nitrogen and oxygen atoms in total. The van der Waals surface area contributed by atoms with Crippen molar-refractivity contribution in [1.82, 2.24) is 4.57 Å². The Hall–Kier alpha value is -2.80.